The van der Waals surface area contributed by atoms with E-state index in [1.807, 2.05) is 29.7 Å². The number of nitrogens with zero attached hydrogens (tertiary/aromatic N) is 3. The highest BCUT2D eigenvalue weighted by molar-refractivity contribution is 9.10. The zero-order valence-electron chi connectivity index (χ0n) is 19.7. The molecule has 0 fully saturated rings. The molecule has 35 heavy (non-hydrogen) atoms. The number of carbonyl (C=O) groups excluding carboxylic acids is 2. The molecular formula is C25H27BrClN5O2S. The fraction of sp³-hybridized carbons (Fsp3) is 0.280. The number of nitrogens with one attached hydrogen (secondary N) is 2. The van der Waals surface area contributed by atoms with Gasteiger partial charge in [-0.05, 0) is 60.9 Å². The molecule has 10 heteroatoms. The second kappa shape index (κ2) is 12.4. The predicted molar refractivity (Wildman–Crippen MR) is 145 cm³/mol. The lowest BCUT2D eigenvalue weighted by molar-refractivity contribution is -0.113. The van der Waals surface area contributed by atoms with E-state index in [2.05, 4.69) is 57.2 Å². The van der Waals surface area contributed by atoms with Crippen molar-refractivity contribution in [2.75, 3.05) is 11.1 Å². The van der Waals surface area contributed by atoms with Crippen LogP contribution in [-0.4, -0.2) is 32.3 Å². The van der Waals surface area contributed by atoms with Crippen molar-refractivity contribution >= 4 is 56.8 Å². The summed E-state index contributed by atoms with van der Waals surface area (Å²) in [5.41, 5.74) is 2.34. The van der Waals surface area contributed by atoms with E-state index < -0.39 is 6.04 Å². The third-order valence-corrected chi connectivity index (χ3v) is 6.85. The lowest BCUT2D eigenvalue weighted by Crippen LogP contribution is -2.28. The van der Waals surface area contributed by atoms with Crippen LogP contribution in [0.25, 0.3) is 0 Å². The van der Waals surface area contributed by atoms with E-state index >= 15 is 0 Å². The molecule has 7 nitrogen and oxygen atoms in total. The van der Waals surface area contributed by atoms with Crippen molar-refractivity contribution < 1.29 is 9.59 Å². The molecule has 3 rings (SSSR count). The number of thioether (sulfide) groups is 1. The van der Waals surface area contributed by atoms with E-state index in [1.54, 1.807) is 30.3 Å². The Morgan fingerprint density at radius 1 is 1.17 bits per heavy atom. The molecule has 2 N–H and O–H groups in total. The maximum atomic E-state index is 12.7. The molecule has 0 bridgehead atoms. The molecule has 0 radical (unpaired) electrons. The summed E-state index contributed by atoms with van der Waals surface area (Å²) < 4.78 is 2.81. The third-order valence-electron chi connectivity index (χ3n) is 5.14. The molecule has 0 unspecified atom stereocenters. The van der Waals surface area contributed by atoms with Gasteiger partial charge in [-0.3, -0.25) is 9.59 Å². The van der Waals surface area contributed by atoms with Crippen LogP contribution in [0.1, 0.15) is 54.5 Å². The molecule has 0 aliphatic carbocycles. The first-order valence-electron chi connectivity index (χ1n) is 11.0. The average molecular weight is 577 g/mol. The fourth-order valence-electron chi connectivity index (χ4n) is 3.42. The van der Waals surface area contributed by atoms with Gasteiger partial charge in [-0.2, -0.15) is 0 Å². The summed E-state index contributed by atoms with van der Waals surface area (Å²) in [6.45, 7) is 10.2. The normalized spacial score (nSPS) is 11.8. The van der Waals surface area contributed by atoms with Gasteiger partial charge >= 0.3 is 0 Å². The zero-order valence-corrected chi connectivity index (χ0v) is 22.9. The summed E-state index contributed by atoms with van der Waals surface area (Å²) in [4.78, 5) is 25.3. The Bertz CT molecular complexity index is 1210. The van der Waals surface area contributed by atoms with Gasteiger partial charge in [0.2, 0.25) is 5.91 Å². The summed E-state index contributed by atoms with van der Waals surface area (Å²) in [5.74, 6) is 0.613. The van der Waals surface area contributed by atoms with E-state index in [4.69, 9.17) is 11.6 Å². The minimum absolute atomic E-state index is 0.141. The van der Waals surface area contributed by atoms with Crippen molar-refractivity contribution in [1.29, 1.82) is 0 Å². The highest BCUT2D eigenvalue weighted by atomic mass is 79.9. The Kier molecular flexibility index (Phi) is 9.54. The number of anilines is 1. The molecular weight excluding hydrogens is 550 g/mol. The highest BCUT2D eigenvalue weighted by Crippen LogP contribution is 2.28. The number of amides is 2. The number of carbonyl (C=O) groups is 2. The van der Waals surface area contributed by atoms with Crippen molar-refractivity contribution in [3.05, 3.63) is 81.6 Å². The number of aromatic nitrogens is 3. The standard InChI is InChI=1S/C25H27BrClN5O2S/c1-5-12-32-23(16(4)28-24(34)17-6-9-19(27)10-7-17)30-31-25(32)35-14-22(33)29-21-11-8-18(26)13-20(21)15(2)3/h5-11,13,15-16H,1,12,14H2,2-4H3,(H,28,34)(H,29,33)/t16-/m1/s1. The summed E-state index contributed by atoms with van der Waals surface area (Å²) in [6.07, 6.45) is 1.72. The van der Waals surface area contributed by atoms with Crippen LogP contribution < -0.4 is 10.6 Å². The molecule has 3 aromatic rings. The Morgan fingerprint density at radius 3 is 2.54 bits per heavy atom. The number of benzene rings is 2. The van der Waals surface area contributed by atoms with Crippen LogP contribution in [-0.2, 0) is 11.3 Å². The summed E-state index contributed by atoms with van der Waals surface area (Å²) in [7, 11) is 0. The summed E-state index contributed by atoms with van der Waals surface area (Å²) in [6, 6.07) is 12.1. The maximum Gasteiger partial charge on any atom is 0.251 e. The van der Waals surface area contributed by atoms with Crippen LogP contribution in [0.4, 0.5) is 5.69 Å². The molecule has 2 aromatic carbocycles. The lowest BCUT2D eigenvalue weighted by atomic mass is 10.0. The largest absolute Gasteiger partial charge is 0.342 e. The van der Waals surface area contributed by atoms with Crippen LogP contribution in [0.15, 0.2) is 64.7 Å². The Balaban J connectivity index is 1.68. The minimum Gasteiger partial charge on any atom is -0.342 e. The van der Waals surface area contributed by atoms with Gasteiger partial charge in [0, 0.05) is 27.3 Å². The number of allylic oxidation sites excluding steroid dienone is 1. The number of rotatable bonds is 10. The van der Waals surface area contributed by atoms with Gasteiger partial charge in [0.1, 0.15) is 0 Å². The first-order valence-corrected chi connectivity index (χ1v) is 13.2. The SMILES string of the molecule is C=CCn1c(SCC(=O)Nc2ccc(Br)cc2C(C)C)nnc1[C@@H](C)NC(=O)c1ccc(Cl)cc1. The smallest absolute Gasteiger partial charge is 0.251 e. The van der Waals surface area contributed by atoms with Gasteiger partial charge in [0.25, 0.3) is 5.91 Å². The van der Waals surface area contributed by atoms with E-state index in [1.165, 1.54) is 11.8 Å². The van der Waals surface area contributed by atoms with Gasteiger partial charge in [-0.1, -0.05) is 59.2 Å². The van der Waals surface area contributed by atoms with Crippen LogP contribution in [0, 0.1) is 0 Å². The van der Waals surface area contributed by atoms with Crippen molar-refractivity contribution in [3.63, 3.8) is 0 Å². The molecule has 1 atom stereocenters. The van der Waals surface area contributed by atoms with Crippen molar-refractivity contribution in [3.8, 4) is 0 Å². The highest BCUT2D eigenvalue weighted by Gasteiger charge is 2.21. The van der Waals surface area contributed by atoms with Gasteiger partial charge < -0.3 is 15.2 Å². The molecule has 0 spiro atoms. The van der Waals surface area contributed by atoms with Gasteiger partial charge in [-0.25, -0.2) is 0 Å². The Labute approximate surface area is 222 Å². The second-order valence-electron chi connectivity index (χ2n) is 8.17. The zero-order chi connectivity index (χ0) is 25.5. The van der Waals surface area contributed by atoms with E-state index in [0.29, 0.717) is 28.1 Å². The maximum absolute atomic E-state index is 12.7. The topological polar surface area (TPSA) is 88.9 Å². The quantitative estimate of drug-likeness (QED) is 0.221. The van der Waals surface area contributed by atoms with Crippen molar-refractivity contribution in [2.24, 2.45) is 0 Å². The molecule has 0 aliphatic rings. The second-order valence-corrected chi connectivity index (χ2v) is 10.5. The van der Waals surface area contributed by atoms with E-state index in [9.17, 15) is 9.59 Å². The first kappa shape index (κ1) is 27.0. The Morgan fingerprint density at radius 2 is 1.89 bits per heavy atom. The van der Waals surface area contributed by atoms with Crippen molar-refractivity contribution in [2.45, 2.75) is 44.4 Å². The average Bonchev–Trinajstić information content (AvgIpc) is 3.22. The summed E-state index contributed by atoms with van der Waals surface area (Å²) >= 11 is 10.7. The van der Waals surface area contributed by atoms with Gasteiger partial charge in [0.05, 0.1) is 11.8 Å². The molecule has 1 heterocycles. The molecule has 184 valence electrons. The van der Waals surface area contributed by atoms with Gasteiger partial charge in [0.15, 0.2) is 11.0 Å². The molecule has 2 amide bonds. The fourth-order valence-corrected chi connectivity index (χ4v) is 4.67. The number of hydrogen-bond donors (Lipinski definition) is 2. The monoisotopic (exact) mass is 575 g/mol. The number of halogens is 2. The summed E-state index contributed by atoms with van der Waals surface area (Å²) in [5, 5.41) is 15.6. The minimum atomic E-state index is -0.412. The van der Waals surface area contributed by atoms with Gasteiger partial charge in [-0.15, -0.1) is 16.8 Å². The molecule has 0 aliphatic heterocycles. The van der Waals surface area contributed by atoms with E-state index in [-0.39, 0.29) is 23.5 Å². The lowest BCUT2D eigenvalue weighted by Gasteiger charge is -2.16. The predicted octanol–water partition coefficient (Wildman–Crippen LogP) is 6.23. The van der Waals surface area contributed by atoms with Crippen LogP contribution >= 0.6 is 39.3 Å². The van der Waals surface area contributed by atoms with Crippen LogP contribution in [0.3, 0.4) is 0 Å². The van der Waals surface area contributed by atoms with Crippen LogP contribution in [0.2, 0.25) is 5.02 Å². The molecule has 0 saturated heterocycles. The van der Waals surface area contributed by atoms with E-state index in [0.717, 1.165) is 15.7 Å². The Hall–Kier alpha value is -2.62. The molecule has 0 saturated carbocycles. The molecule has 1 aromatic heterocycles. The van der Waals surface area contributed by atoms with Crippen LogP contribution in [0.5, 0.6) is 0 Å². The first-order chi connectivity index (χ1) is 16.7. The number of hydrogen-bond acceptors (Lipinski definition) is 5. The van der Waals surface area contributed by atoms with Crippen molar-refractivity contribution in [1.82, 2.24) is 20.1 Å². The third kappa shape index (κ3) is 7.19.